The predicted molar refractivity (Wildman–Crippen MR) is 89.0 cm³/mol. The number of rotatable bonds is 6. The summed E-state index contributed by atoms with van der Waals surface area (Å²) in [6, 6.07) is 6.21. The van der Waals surface area contributed by atoms with E-state index in [2.05, 4.69) is 24.1 Å². The zero-order valence-electron chi connectivity index (χ0n) is 12.7. The molecule has 1 N–H and O–H groups in total. The molecule has 0 aliphatic heterocycles. The highest BCUT2D eigenvalue weighted by Crippen LogP contribution is 2.24. The van der Waals surface area contributed by atoms with Crippen LogP contribution in [0.15, 0.2) is 35.7 Å². The standard InChI is InChI=1S/C17H19FN2OS/c1-12(2)9-10-19-16(21)8-7-15-11-22-17(20-15)13-3-5-14(18)6-4-13/h3-8,11-12H,9-10H2,1-2H3,(H,19,21)/b8-7+. The highest BCUT2D eigenvalue weighted by Gasteiger charge is 2.04. The molecule has 3 nitrogen and oxygen atoms in total. The third-order valence-corrected chi connectivity index (χ3v) is 3.95. The fraction of sp³-hybridized carbons (Fsp3) is 0.294. The van der Waals surface area contributed by atoms with E-state index in [0.717, 1.165) is 22.7 Å². The van der Waals surface area contributed by atoms with Crippen LogP contribution in [-0.4, -0.2) is 17.4 Å². The Hall–Kier alpha value is -2.01. The highest BCUT2D eigenvalue weighted by atomic mass is 32.1. The SMILES string of the molecule is CC(C)CCNC(=O)/C=C/c1csc(-c2ccc(F)cc2)n1. The van der Waals surface area contributed by atoms with Crippen LogP contribution in [0.4, 0.5) is 4.39 Å². The minimum atomic E-state index is -0.265. The van der Waals surface area contributed by atoms with E-state index in [1.165, 1.54) is 29.5 Å². The van der Waals surface area contributed by atoms with Crippen LogP contribution in [0, 0.1) is 11.7 Å². The van der Waals surface area contributed by atoms with Crippen molar-refractivity contribution in [1.29, 1.82) is 0 Å². The van der Waals surface area contributed by atoms with Crippen LogP contribution in [-0.2, 0) is 4.79 Å². The summed E-state index contributed by atoms with van der Waals surface area (Å²) < 4.78 is 12.9. The average molecular weight is 318 g/mol. The van der Waals surface area contributed by atoms with Crippen LogP contribution in [0.2, 0.25) is 0 Å². The van der Waals surface area contributed by atoms with Crippen LogP contribution in [0.25, 0.3) is 16.6 Å². The number of nitrogens with one attached hydrogen (secondary N) is 1. The second kappa shape index (κ2) is 7.84. The van der Waals surface area contributed by atoms with Gasteiger partial charge in [0.1, 0.15) is 10.8 Å². The summed E-state index contributed by atoms with van der Waals surface area (Å²) in [6.07, 6.45) is 4.14. The third-order valence-electron chi connectivity index (χ3n) is 3.04. The summed E-state index contributed by atoms with van der Waals surface area (Å²) in [4.78, 5) is 16.1. The number of hydrogen-bond acceptors (Lipinski definition) is 3. The van der Waals surface area contributed by atoms with Crippen molar-refractivity contribution < 1.29 is 9.18 Å². The molecule has 0 bridgehead atoms. The zero-order chi connectivity index (χ0) is 15.9. The number of nitrogens with zero attached hydrogens (tertiary/aromatic N) is 1. The van der Waals surface area contributed by atoms with Crippen molar-refractivity contribution >= 4 is 23.3 Å². The minimum absolute atomic E-state index is 0.114. The lowest BCUT2D eigenvalue weighted by atomic mass is 10.1. The molecule has 0 saturated heterocycles. The van der Waals surface area contributed by atoms with E-state index < -0.39 is 0 Å². The Morgan fingerprint density at radius 3 is 2.77 bits per heavy atom. The lowest BCUT2D eigenvalue weighted by molar-refractivity contribution is -0.116. The maximum atomic E-state index is 12.9. The van der Waals surface area contributed by atoms with Crippen molar-refractivity contribution in [2.45, 2.75) is 20.3 Å². The van der Waals surface area contributed by atoms with Crippen LogP contribution in [0.5, 0.6) is 0 Å². The summed E-state index contributed by atoms with van der Waals surface area (Å²) in [5.41, 5.74) is 1.59. The first-order chi connectivity index (χ1) is 10.5. The molecule has 1 aromatic heterocycles. The number of carbonyl (C=O) groups excluding carboxylic acids is 1. The van der Waals surface area contributed by atoms with Gasteiger partial charge in [-0.1, -0.05) is 13.8 Å². The van der Waals surface area contributed by atoms with Gasteiger partial charge in [-0.25, -0.2) is 9.37 Å². The summed E-state index contributed by atoms with van der Waals surface area (Å²) in [6.45, 7) is 4.92. The fourth-order valence-corrected chi connectivity index (χ4v) is 2.59. The number of aromatic nitrogens is 1. The van der Waals surface area contributed by atoms with Gasteiger partial charge in [-0.15, -0.1) is 11.3 Å². The van der Waals surface area contributed by atoms with E-state index in [1.807, 2.05) is 5.38 Å². The molecule has 0 aliphatic rings. The minimum Gasteiger partial charge on any atom is -0.353 e. The predicted octanol–water partition coefficient (Wildman–Crippen LogP) is 4.12. The molecule has 22 heavy (non-hydrogen) atoms. The number of carbonyl (C=O) groups is 1. The number of benzene rings is 1. The molecule has 0 unspecified atom stereocenters. The van der Waals surface area contributed by atoms with Gasteiger partial charge in [0, 0.05) is 23.6 Å². The quantitative estimate of drug-likeness (QED) is 0.814. The van der Waals surface area contributed by atoms with Gasteiger partial charge >= 0.3 is 0 Å². The van der Waals surface area contributed by atoms with E-state index in [0.29, 0.717) is 12.5 Å². The van der Waals surface area contributed by atoms with Gasteiger partial charge in [-0.2, -0.15) is 0 Å². The summed E-state index contributed by atoms with van der Waals surface area (Å²) in [5.74, 6) is 0.191. The van der Waals surface area contributed by atoms with Gasteiger partial charge in [-0.05, 0) is 42.7 Å². The molecule has 116 valence electrons. The summed E-state index contributed by atoms with van der Waals surface area (Å²) >= 11 is 1.47. The maximum Gasteiger partial charge on any atom is 0.244 e. The molecule has 2 aromatic rings. The second-order valence-corrected chi connectivity index (χ2v) is 6.25. The molecular formula is C17H19FN2OS. The van der Waals surface area contributed by atoms with Crippen molar-refractivity contribution in [2.24, 2.45) is 5.92 Å². The second-order valence-electron chi connectivity index (χ2n) is 5.39. The number of hydrogen-bond donors (Lipinski definition) is 1. The molecule has 0 saturated carbocycles. The molecule has 1 aromatic carbocycles. The van der Waals surface area contributed by atoms with E-state index in [9.17, 15) is 9.18 Å². The lowest BCUT2D eigenvalue weighted by Gasteiger charge is -2.04. The van der Waals surface area contributed by atoms with E-state index in [-0.39, 0.29) is 11.7 Å². The normalized spacial score (nSPS) is 11.3. The molecule has 0 spiro atoms. The molecule has 0 fully saturated rings. The van der Waals surface area contributed by atoms with Crippen LogP contribution in [0.3, 0.4) is 0 Å². The zero-order valence-corrected chi connectivity index (χ0v) is 13.5. The smallest absolute Gasteiger partial charge is 0.244 e. The van der Waals surface area contributed by atoms with Gasteiger partial charge in [-0.3, -0.25) is 4.79 Å². The van der Waals surface area contributed by atoms with E-state index in [4.69, 9.17) is 0 Å². The van der Waals surface area contributed by atoms with Crippen molar-refractivity contribution in [1.82, 2.24) is 10.3 Å². The van der Waals surface area contributed by atoms with Gasteiger partial charge in [0.2, 0.25) is 5.91 Å². The highest BCUT2D eigenvalue weighted by molar-refractivity contribution is 7.13. The van der Waals surface area contributed by atoms with Crippen molar-refractivity contribution in [3.05, 3.63) is 47.2 Å². The third kappa shape index (κ3) is 5.07. The first kappa shape index (κ1) is 16.4. The molecular weight excluding hydrogens is 299 g/mol. The van der Waals surface area contributed by atoms with E-state index in [1.54, 1.807) is 18.2 Å². The Morgan fingerprint density at radius 2 is 2.09 bits per heavy atom. The summed E-state index contributed by atoms with van der Waals surface area (Å²) in [7, 11) is 0. The topological polar surface area (TPSA) is 42.0 Å². The molecule has 0 atom stereocenters. The first-order valence-corrected chi connectivity index (χ1v) is 8.10. The molecule has 1 amide bonds. The number of thiazole rings is 1. The number of amides is 1. The lowest BCUT2D eigenvalue weighted by Crippen LogP contribution is -2.23. The molecule has 0 radical (unpaired) electrons. The fourth-order valence-electron chi connectivity index (χ4n) is 1.79. The van der Waals surface area contributed by atoms with Gasteiger partial charge < -0.3 is 5.32 Å². The van der Waals surface area contributed by atoms with Crippen molar-refractivity contribution in [3.63, 3.8) is 0 Å². The van der Waals surface area contributed by atoms with Crippen LogP contribution >= 0.6 is 11.3 Å². The van der Waals surface area contributed by atoms with Gasteiger partial charge in [0.25, 0.3) is 0 Å². The Kier molecular flexibility index (Phi) is 5.83. The molecule has 5 heteroatoms. The van der Waals surface area contributed by atoms with Crippen molar-refractivity contribution in [2.75, 3.05) is 6.54 Å². The Balaban J connectivity index is 1.92. The van der Waals surface area contributed by atoms with Crippen molar-refractivity contribution in [3.8, 4) is 10.6 Å². The maximum absolute atomic E-state index is 12.9. The Bertz CT molecular complexity index is 647. The van der Waals surface area contributed by atoms with Crippen LogP contribution < -0.4 is 5.32 Å². The first-order valence-electron chi connectivity index (χ1n) is 7.22. The summed E-state index contributed by atoms with van der Waals surface area (Å²) in [5, 5.41) is 5.51. The van der Waals surface area contributed by atoms with E-state index >= 15 is 0 Å². The van der Waals surface area contributed by atoms with Gasteiger partial charge in [0.05, 0.1) is 5.69 Å². The monoisotopic (exact) mass is 318 g/mol. The average Bonchev–Trinajstić information content (AvgIpc) is 2.94. The Morgan fingerprint density at radius 1 is 1.36 bits per heavy atom. The Labute approximate surface area is 133 Å². The molecule has 1 heterocycles. The molecule has 0 aliphatic carbocycles. The van der Waals surface area contributed by atoms with Gasteiger partial charge in [0.15, 0.2) is 0 Å². The number of halogens is 1. The van der Waals surface area contributed by atoms with Crippen LogP contribution in [0.1, 0.15) is 26.0 Å². The molecule has 2 rings (SSSR count). The largest absolute Gasteiger partial charge is 0.353 e.